The normalized spacial score (nSPS) is 26.4. The number of hydrogen-bond acceptors (Lipinski definition) is 3. The topological polar surface area (TPSA) is 30.5 Å². The van der Waals surface area contributed by atoms with Crippen LogP contribution in [0.1, 0.15) is 11.6 Å². The first-order valence-corrected chi connectivity index (χ1v) is 5.95. The molecule has 2 aliphatic heterocycles. The first kappa shape index (κ1) is 9.45. The van der Waals surface area contributed by atoms with Crippen molar-refractivity contribution in [3.05, 3.63) is 42.0 Å². The van der Waals surface area contributed by atoms with E-state index < -0.39 is 0 Å². The van der Waals surface area contributed by atoms with E-state index >= 15 is 0 Å². The standard InChI is InChI=1S/C14H13NO2/c1-2-4-11-9(3-1)5-6-12-13(11)14-10(7-16-12)8-17-15-14/h1-6,10,14-15H,7-8H2/t10-,14+/m0/s1. The lowest BCUT2D eigenvalue weighted by Gasteiger charge is -2.28. The van der Waals surface area contributed by atoms with Gasteiger partial charge in [0.1, 0.15) is 5.75 Å². The summed E-state index contributed by atoms with van der Waals surface area (Å²) in [6, 6.07) is 12.9. The smallest absolute Gasteiger partial charge is 0.124 e. The van der Waals surface area contributed by atoms with Gasteiger partial charge in [-0.2, -0.15) is 5.48 Å². The molecule has 0 radical (unpaired) electrons. The van der Waals surface area contributed by atoms with E-state index in [0.29, 0.717) is 5.92 Å². The van der Waals surface area contributed by atoms with Crippen molar-refractivity contribution >= 4 is 10.8 Å². The van der Waals surface area contributed by atoms with E-state index in [2.05, 4.69) is 41.9 Å². The van der Waals surface area contributed by atoms with Crippen LogP contribution in [0, 0.1) is 5.92 Å². The van der Waals surface area contributed by atoms with Crippen LogP contribution in [0.3, 0.4) is 0 Å². The molecular weight excluding hydrogens is 214 g/mol. The summed E-state index contributed by atoms with van der Waals surface area (Å²) in [6.07, 6.45) is 0. The Hall–Kier alpha value is -1.58. The van der Waals surface area contributed by atoms with Gasteiger partial charge < -0.3 is 9.57 Å². The highest BCUT2D eigenvalue weighted by Crippen LogP contribution is 2.42. The molecule has 2 aromatic carbocycles. The maximum Gasteiger partial charge on any atom is 0.124 e. The first-order chi connectivity index (χ1) is 8.43. The minimum Gasteiger partial charge on any atom is -0.493 e. The van der Waals surface area contributed by atoms with E-state index in [9.17, 15) is 0 Å². The van der Waals surface area contributed by atoms with Gasteiger partial charge in [-0.3, -0.25) is 0 Å². The van der Waals surface area contributed by atoms with Crippen LogP contribution in [0.15, 0.2) is 36.4 Å². The highest BCUT2D eigenvalue weighted by molar-refractivity contribution is 5.88. The lowest BCUT2D eigenvalue weighted by Crippen LogP contribution is -2.28. The molecule has 1 fully saturated rings. The summed E-state index contributed by atoms with van der Waals surface area (Å²) in [5, 5.41) is 2.52. The van der Waals surface area contributed by atoms with Crippen LogP contribution in [0.5, 0.6) is 5.75 Å². The molecule has 0 spiro atoms. The van der Waals surface area contributed by atoms with Crippen LogP contribution < -0.4 is 10.2 Å². The fourth-order valence-electron chi connectivity index (χ4n) is 2.80. The molecule has 0 aliphatic carbocycles. The number of ether oxygens (including phenoxy) is 1. The van der Waals surface area contributed by atoms with Crippen LogP contribution >= 0.6 is 0 Å². The molecule has 0 amide bonds. The van der Waals surface area contributed by atoms with E-state index in [0.717, 1.165) is 19.0 Å². The van der Waals surface area contributed by atoms with Crippen molar-refractivity contribution in [1.29, 1.82) is 0 Å². The zero-order valence-electron chi connectivity index (χ0n) is 9.35. The fourth-order valence-corrected chi connectivity index (χ4v) is 2.80. The van der Waals surface area contributed by atoms with Gasteiger partial charge >= 0.3 is 0 Å². The zero-order valence-corrected chi connectivity index (χ0v) is 9.35. The Kier molecular flexibility index (Phi) is 1.92. The lowest BCUT2D eigenvalue weighted by molar-refractivity contribution is 0.0863. The summed E-state index contributed by atoms with van der Waals surface area (Å²) >= 11 is 0. The highest BCUT2D eigenvalue weighted by atomic mass is 16.7. The molecule has 0 unspecified atom stereocenters. The SMILES string of the molecule is c1ccc2c3c(ccc2c1)OC[C@H]1CON[C@@H]31. The Morgan fingerprint density at radius 2 is 2.00 bits per heavy atom. The third-order valence-corrected chi connectivity index (χ3v) is 3.67. The molecule has 3 heteroatoms. The number of hydroxylamine groups is 1. The van der Waals surface area contributed by atoms with E-state index in [-0.39, 0.29) is 6.04 Å². The molecule has 3 nitrogen and oxygen atoms in total. The van der Waals surface area contributed by atoms with Crippen molar-refractivity contribution in [2.24, 2.45) is 5.92 Å². The molecule has 86 valence electrons. The van der Waals surface area contributed by atoms with E-state index in [1.165, 1.54) is 16.3 Å². The van der Waals surface area contributed by atoms with Crippen LogP contribution in [0.4, 0.5) is 0 Å². The van der Waals surface area contributed by atoms with Gasteiger partial charge in [-0.1, -0.05) is 30.3 Å². The van der Waals surface area contributed by atoms with Crippen LogP contribution in [0.25, 0.3) is 10.8 Å². The van der Waals surface area contributed by atoms with Crippen molar-refractivity contribution in [1.82, 2.24) is 5.48 Å². The maximum atomic E-state index is 5.83. The van der Waals surface area contributed by atoms with Crippen molar-refractivity contribution in [2.45, 2.75) is 6.04 Å². The van der Waals surface area contributed by atoms with Crippen LogP contribution in [-0.4, -0.2) is 13.2 Å². The summed E-state index contributed by atoms with van der Waals surface area (Å²) in [5.74, 6) is 1.41. The zero-order chi connectivity index (χ0) is 11.2. The number of benzene rings is 2. The fraction of sp³-hybridized carbons (Fsp3) is 0.286. The summed E-state index contributed by atoms with van der Waals surface area (Å²) in [4.78, 5) is 5.37. The number of nitrogens with one attached hydrogen (secondary N) is 1. The van der Waals surface area contributed by atoms with Gasteiger partial charge in [-0.05, 0) is 16.8 Å². The van der Waals surface area contributed by atoms with Gasteiger partial charge in [-0.15, -0.1) is 0 Å². The third-order valence-electron chi connectivity index (χ3n) is 3.67. The first-order valence-electron chi connectivity index (χ1n) is 5.95. The van der Waals surface area contributed by atoms with Crippen molar-refractivity contribution in [3.8, 4) is 5.75 Å². The van der Waals surface area contributed by atoms with Crippen molar-refractivity contribution in [2.75, 3.05) is 13.2 Å². The molecule has 2 aliphatic rings. The predicted octanol–water partition coefficient (Wildman–Crippen LogP) is 2.42. The second-order valence-corrected chi connectivity index (χ2v) is 4.68. The van der Waals surface area contributed by atoms with E-state index in [4.69, 9.17) is 9.57 Å². The molecule has 2 heterocycles. The summed E-state index contributed by atoms with van der Waals surface area (Å²) in [5.41, 5.74) is 4.37. The monoisotopic (exact) mass is 227 g/mol. The van der Waals surface area contributed by atoms with Gasteiger partial charge in [0.15, 0.2) is 0 Å². The lowest BCUT2D eigenvalue weighted by atomic mass is 9.89. The molecule has 2 atom stereocenters. The minimum absolute atomic E-state index is 0.268. The number of hydrogen-bond donors (Lipinski definition) is 1. The average Bonchev–Trinajstić information content (AvgIpc) is 2.86. The molecule has 0 aromatic heterocycles. The molecule has 0 saturated carbocycles. The number of rotatable bonds is 0. The largest absolute Gasteiger partial charge is 0.493 e. The Bertz CT molecular complexity index is 581. The minimum atomic E-state index is 0.268. The van der Waals surface area contributed by atoms with E-state index in [1.54, 1.807) is 0 Å². The molecule has 17 heavy (non-hydrogen) atoms. The summed E-state index contributed by atoms with van der Waals surface area (Å²) in [7, 11) is 0. The second kappa shape index (κ2) is 3.45. The Labute approximate surface area is 99.3 Å². The van der Waals surface area contributed by atoms with Crippen LogP contribution in [0.2, 0.25) is 0 Å². The molecule has 1 N–H and O–H groups in total. The molecule has 2 aromatic rings. The molecule has 0 bridgehead atoms. The number of fused-ring (bicyclic) bond motifs is 5. The van der Waals surface area contributed by atoms with Crippen molar-refractivity contribution < 1.29 is 9.57 Å². The quantitative estimate of drug-likeness (QED) is 0.749. The molecular formula is C14H13NO2. The summed E-state index contributed by atoms with van der Waals surface area (Å²) in [6.45, 7) is 1.47. The van der Waals surface area contributed by atoms with Gasteiger partial charge in [0, 0.05) is 11.5 Å². The molecule has 1 saturated heterocycles. The van der Waals surface area contributed by atoms with Gasteiger partial charge in [0.2, 0.25) is 0 Å². The predicted molar refractivity (Wildman–Crippen MR) is 64.8 cm³/mol. The average molecular weight is 227 g/mol. The highest BCUT2D eigenvalue weighted by Gasteiger charge is 2.36. The second-order valence-electron chi connectivity index (χ2n) is 4.68. The van der Waals surface area contributed by atoms with Gasteiger partial charge in [-0.25, -0.2) is 0 Å². The van der Waals surface area contributed by atoms with Gasteiger partial charge in [0.05, 0.1) is 19.3 Å². The Morgan fingerprint density at radius 3 is 3.00 bits per heavy atom. The van der Waals surface area contributed by atoms with Crippen LogP contribution in [-0.2, 0) is 4.84 Å². The summed E-state index contributed by atoms with van der Waals surface area (Å²) < 4.78 is 5.83. The van der Waals surface area contributed by atoms with Crippen molar-refractivity contribution in [3.63, 3.8) is 0 Å². The molecule has 4 rings (SSSR count). The van der Waals surface area contributed by atoms with Gasteiger partial charge in [0.25, 0.3) is 0 Å². The third kappa shape index (κ3) is 1.30. The Balaban J connectivity index is 2.01. The maximum absolute atomic E-state index is 5.83. The van der Waals surface area contributed by atoms with E-state index in [1.807, 2.05) is 0 Å². The Morgan fingerprint density at radius 1 is 1.06 bits per heavy atom.